The minimum atomic E-state index is -0.967. The van der Waals surface area contributed by atoms with Crippen LogP contribution in [0, 0.1) is 34.0 Å². The molecule has 2 aliphatic carbocycles. The van der Waals surface area contributed by atoms with Crippen LogP contribution in [-0.4, -0.2) is 0 Å². The van der Waals surface area contributed by atoms with E-state index in [0.717, 1.165) is 24.8 Å². The summed E-state index contributed by atoms with van der Waals surface area (Å²) in [6.07, 6.45) is 10.1. The number of rotatable bonds is 1. The molecule has 3 rings (SSSR count). The summed E-state index contributed by atoms with van der Waals surface area (Å²) in [6, 6.07) is 15.0. The standard InChI is InChI=1S/C19H18N2/c20-13-19(14-21)12-6-10-16(15-7-2-1-3-8-15)17-9-4-5-11-18(17)19/h1-3,6-8,10-11,16-17H,4-5,9,12H2. The van der Waals surface area contributed by atoms with E-state index in [4.69, 9.17) is 0 Å². The second-order valence-corrected chi connectivity index (χ2v) is 5.89. The first-order chi connectivity index (χ1) is 10.3. The van der Waals surface area contributed by atoms with Crippen molar-refractivity contribution in [1.29, 1.82) is 10.5 Å². The summed E-state index contributed by atoms with van der Waals surface area (Å²) < 4.78 is 0. The maximum Gasteiger partial charge on any atom is 0.168 e. The molecule has 0 bridgehead atoms. The van der Waals surface area contributed by atoms with Crippen LogP contribution in [0.2, 0.25) is 0 Å². The molecule has 0 fully saturated rings. The van der Waals surface area contributed by atoms with Gasteiger partial charge in [-0.25, -0.2) is 0 Å². The summed E-state index contributed by atoms with van der Waals surface area (Å²) in [6.45, 7) is 0. The van der Waals surface area contributed by atoms with Gasteiger partial charge in [-0.05, 0) is 36.3 Å². The zero-order valence-electron chi connectivity index (χ0n) is 12.0. The van der Waals surface area contributed by atoms with Gasteiger partial charge in [-0.2, -0.15) is 10.5 Å². The molecular formula is C19H18N2. The number of fused-ring (bicyclic) bond motifs is 1. The summed E-state index contributed by atoms with van der Waals surface area (Å²) in [7, 11) is 0. The molecule has 0 radical (unpaired) electrons. The van der Waals surface area contributed by atoms with Gasteiger partial charge in [0.1, 0.15) is 0 Å². The van der Waals surface area contributed by atoms with Gasteiger partial charge in [0.2, 0.25) is 0 Å². The van der Waals surface area contributed by atoms with Gasteiger partial charge in [-0.1, -0.05) is 48.6 Å². The summed E-state index contributed by atoms with van der Waals surface area (Å²) in [4.78, 5) is 0. The second-order valence-electron chi connectivity index (χ2n) is 5.89. The van der Waals surface area contributed by atoms with Crippen molar-refractivity contribution < 1.29 is 0 Å². The van der Waals surface area contributed by atoms with Gasteiger partial charge in [0.05, 0.1) is 12.1 Å². The topological polar surface area (TPSA) is 47.6 Å². The van der Waals surface area contributed by atoms with E-state index in [2.05, 4.69) is 48.6 Å². The van der Waals surface area contributed by atoms with Crippen LogP contribution in [-0.2, 0) is 0 Å². The van der Waals surface area contributed by atoms with E-state index in [-0.39, 0.29) is 11.8 Å². The Bertz CT molecular complexity index is 641. The summed E-state index contributed by atoms with van der Waals surface area (Å²) in [5, 5.41) is 19.2. The van der Waals surface area contributed by atoms with Crippen molar-refractivity contribution in [2.45, 2.75) is 31.6 Å². The largest absolute Gasteiger partial charge is 0.196 e. The lowest BCUT2D eigenvalue weighted by Gasteiger charge is -2.33. The first kappa shape index (κ1) is 13.7. The SMILES string of the molecule is N#CC1(C#N)CC=CC(c2ccccc2)C2CCCC=C21. The Hall–Kier alpha value is -2.32. The van der Waals surface area contributed by atoms with Crippen LogP contribution < -0.4 is 0 Å². The molecule has 2 aliphatic rings. The second kappa shape index (κ2) is 5.58. The highest BCUT2D eigenvalue weighted by Crippen LogP contribution is 2.48. The van der Waals surface area contributed by atoms with Crippen molar-refractivity contribution in [2.24, 2.45) is 11.3 Å². The molecule has 2 unspecified atom stereocenters. The molecule has 2 atom stereocenters. The van der Waals surface area contributed by atoms with E-state index in [9.17, 15) is 10.5 Å². The van der Waals surface area contributed by atoms with E-state index < -0.39 is 5.41 Å². The highest BCUT2D eigenvalue weighted by Gasteiger charge is 2.42. The number of nitriles is 2. The van der Waals surface area contributed by atoms with Crippen molar-refractivity contribution in [1.82, 2.24) is 0 Å². The molecule has 0 N–H and O–H groups in total. The normalized spacial score (nSPS) is 26.7. The Kier molecular flexibility index (Phi) is 3.63. The maximum absolute atomic E-state index is 9.62. The lowest BCUT2D eigenvalue weighted by molar-refractivity contribution is 0.416. The highest BCUT2D eigenvalue weighted by atomic mass is 14.5. The van der Waals surface area contributed by atoms with Crippen LogP contribution in [0.5, 0.6) is 0 Å². The average Bonchev–Trinajstić information content (AvgIpc) is 2.73. The van der Waals surface area contributed by atoms with Gasteiger partial charge in [0.15, 0.2) is 5.41 Å². The molecule has 104 valence electrons. The van der Waals surface area contributed by atoms with Gasteiger partial charge in [0.25, 0.3) is 0 Å². The van der Waals surface area contributed by atoms with Crippen LogP contribution in [0.15, 0.2) is 54.1 Å². The molecule has 2 nitrogen and oxygen atoms in total. The van der Waals surface area contributed by atoms with E-state index in [1.807, 2.05) is 12.1 Å². The van der Waals surface area contributed by atoms with Gasteiger partial charge in [0, 0.05) is 12.3 Å². The lowest BCUT2D eigenvalue weighted by atomic mass is 9.67. The van der Waals surface area contributed by atoms with Crippen molar-refractivity contribution in [3.05, 3.63) is 59.7 Å². The van der Waals surface area contributed by atoms with Crippen LogP contribution in [0.25, 0.3) is 0 Å². The van der Waals surface area contributed by atoms with E-state index in [1.165, 1.54) is 5.56 Å². The van der Waals surface area contributed by atoms with Crippen LogP contribution in [0.1, 0.15) is 37.2 Å². The molecule has 0 aliphatic heterocycles. The monoisotopic (exact) mass is 274 g/mol. The van der Waals surface area contributed by atoms with Crippen LogP contribution >= 0.6 is 0 Å². The fourth-order valence-corrected chi connectivity index (χ4v) is 3.67. The zero-order valence-corrected chi connectivity index (χ0v) is 12.0. The Labute approximate surface area is 126 Å². The van der Waals surface area contributed by atoms with Crippen molar-refractivity contribution in [3.8, 4) is 12.1 Å². The molecule has 0 amide bonds. The van der Waals surface area contributed by atoms with Crippen LogP contribution in [0.4, 0.5) is 0 Å². The maximum atomic E-state index is 9.62. The van der Waals surface area contributed by atoms with Gasteiger partial charge in [-0.3, -0.25) is 0 Å². The third-order valence-electron chi connectivity index (χ3n) is 4.74. The molecule has 1 aromatic carbocycles. The predicted molar refractivity (Wildman–Crippen MR) is 82.0 cm³/mol. The third-order valence-corrected chi connectivity index (χ3v) is 4.74. The molecule has 0 saturated heterocycles. The Balaban J connectivity index is 2.09. The zero-order chi connectivity index (χ0) is 14.7. The smallest absolute Gasteiger partial charge is 0.168 e. The Morgan fingerprint density at radius 1 is 1.10 bits per heavy atom. The quantitative estimate of drug-likeness (QED) is 0.708. The van der Waals surface area contributed by atoms with Crippen molar-refractivity contribution in [3.63, 3.8) is 0 Å². The minimum Gasteiger partial charge on any atom is -0.196 e. The predicted octanol–water partition coefficient (Wildman–Crippen LogP) is 4.49. The lowest BCUT2D eigenvalue weighted by Crippen LogP contribution is -2.27. The average molecular weight is 274 g/mol. The molecule has 1 aromatic rings. The van der Waals surface area contributed by atoms with Crippen molar-refractivity contribution in [2.75, 3.05) is 0 Å². The number of benzene rings is 1. The molecule has 0 spiro atoms. The number of hydrogen-bond donors (Lipinski definition) is 0. The third kappa shape index (κ3) is 2.28. The van der Waals surface area contributed by atoms with Gasteiger partial charge >= 0.3 is 0 Å². The minimum absolute atomic E-state index is 0.277. The van der Waals surface area contributed by atoms with Crippen molar-refractivity contribution >= 4 is 0 Å². The van der Waals surface area contributed by atoms with Gasteiger partial charge < -0.3 is 0 Å². The molecule has 0 heterocycles. The molecule has 21 heavy (non-hydrogen) atoms. The first-order valence-corrected chi connectivity index (χ1v) is 7.55. The molecule has 0 aromatic heterocycles. The molecule has 0 saturated carbocycles. The molecular weight excluding hydrogens is 256 g/mol. The van der Waals surface area contributed by atoms with Gasteiger partial charge in [-0.15, -0.1) is 0 Å². The summed E-state index contributed by atoms with van der Waals surface area (Å²) >= 11 is 0. The van der Waals surface area contributed by atoms with E-state index >= 15 is 0 Å². The summed E-state index contributed by atoms with van der Waals surface area (Å²) in [5.74, 6) is 0.556. The fourth-order valence-electron chi connectivity index (χ4n) is 3.67. The summed E-state index contributed by atoms with van der Waals surface area (Å²) in [5.41, 5.74) is 1.36. The van der Waals surface area contributed by atoms with E-state index in [0.29, 0.717) is 6.42 Å². The molecule has 2 heteroatoms. The van der Waals surface area contributed by atoms with E-state index in [1.54, 1.807) is 0 Å². The number of nitrogens with zero attached hydrogens (tertiary/aromatic N) is 2. The Morgan fingerprint density at radius 3 is 2.57 bits per heavy atom. The Morgan fingerprint density at radius 2 is 1.86 bits per heavy atom. The highest BCUT2D eigenvalue weighted by molar-refractivity contribution is 5.42. The number of allylic oxidation sites excluding steroid dienone is 4. The fraction of sp³-hybridized carbons (Fsp3) is 0.368. The number of hydrogen-bond acceptors (Lipinski definition) is 2. The first-order valence-electron chi connectivity index (χ1n) is 7.55. The van der Waals surface area contributed by atoms with Crippen LogP contribution in [0.3, 0.4) is 0 Å².